The van der Waals surface area contributed by atoms with E-state index in [2.05, 4.69) is 15.0 Å². The Balaban J connectivity index is 1.49. The molecule has 3 aromatic rings. The van der Waals surface area contributed by atoms with Crippen LogP contribution in [0.15, 0.2) is 17.1 Å². The highest BCUT2D eigenvalue weighted by molar-refractivity contribution is 7.22. The molecule has 3 aliphatic rings. The number of nitrogens with zero attached hydrogens (tertiary/aromatic N) is 4. The molecule has 0 unspecified atom stereocenters. The molecule has 8 nitrogen and oxygen atoms in total. The van der Waals surface area contributed by atoms with Gasteiger partial charge in [0.05, 0.1) is 17.3 Å². The summed E-state index contributed by atoms with van der Waals surface area (Å²) >= 11 is 1.37. The Morgan fingerprint density at radius 2 is 2.03 bits per heavy atom. The minimum absolute atomic E-state index is 0.101. The zero-order valence-electron chi connectivity index (χ0n) is 18.3. The number of ether oxygens (including phenoxy) is 1. The van der Waals surface area contributed by atoms with Gasteiger partial charge in [0, 0.05) is 16.6 Å². The molecule has 0 amide bonds. The first-order valence-corrected chi connectivity index (χ1v) is 11.6. The van der Waals surface area contributed by atoms with Crippen molar-refractivity contribution < 1.29 is 9.53 Å². The predicted octanol–water partition coefficient (Wildman–Crippen LogP) is 4.10. The minimum Gasteiger partial charge on any atom is -0.442 e. The molecule has 0 aromatic carbocycles. The van der Waals surface area contributed by atoms with E-state index in [9.17, 15) is 9.59 Å². The first-order valence-electron chi connectivity index (χ1n) is 10.8. The first-order chi connectivity index (χ1) is 14.7. The Hall–Kier alpha value is -2.52. The fraction of sp³-hybridized carbons (Fsp3) is 0.545. The molecule has 9 heteroatoms. The second kappa shape index (κ2) is 7.27. The normalized spacial score (nSPS) is 23.4. The van der Waals surface area contributed by atoms with E-state index in [4.69, 9.17) is 9.72 Å². The summed E-state index contributed by atoms with van der Waals surface area (Å²) in [7, 11) is 0. The molecule has 2 bridgehead atoms. The summed E-state index contributed by atoms with van der Waals surface area (Å²) in [6, 6.07) is 2.13. The minimum atomic E-state index is -0.600. The van der Waals surface area contributed by atoms with E-state index in [0.29, 0.717) is 15.9 Å². The van der Waals surface area contributed by atoms with Crippen LogP contribution in [0.5, 0.6) is 0 Å². The number of hydrogen-bond donors (Lipinski definition) is 1. The number of rotatable bonds is 2. The number of nitrogens with one attached hydrogen (secondary N) is 1. The Bertz CT molecular complexity index is 1210. The van der Waals surface area contributed by atoms with Gasteiger partial charge in [-0.05, 0) is 72.0 Å². The maximum atomic E-state index is 12.8. The van der Waals surface area contributed by atoms with Crippen LogP contribution in [-0.2, 0) is 4.74 Å². The third kappa shape index (κ3) is 3.80. The summed E-state index contributed by atoms with van der Waals surface area (Å²) in [6.07, 6.45) is 4.68. The topological polar surface area (TPSA) is 93.1 Å². The Kier molecular flexibility index (Phi) is 4.78. The molecule has 31 heavy (non-hydrogen) atoms. The van der Waals surface area contributed by atoms with Crippen molar-refractivity contribution in [3.05, 3.63) is 34.1 Å². The molecule has 164 valence electrons. The van der Waals surface area contributed by atoms with Crippen LogP contribution in [-0.4, -0.2) is 49.4 Å². The lowest BCUT2D eigenvalue weighted by Crippen LogP contribution is -2.44. The summed E-state index contributed by atoms with van der Waals surface area (Å²) in [5.41, 5.74) is 1.50. The van der Waals surface area contributed by atoms with Gasteiger partial charge in [0.15, 0.2) is 0 Å². The van der Waals surface area contributed by atoms with E-state index >= 15 is 0 Å². The van der Waals surface area contributed by atoms with Gasteiger partial charge in [-0.25, -0.2) is 9.78 Å². The second-order valence-electron chi connectivity index (χ2n) is 9.56. The number of aromatic amines is 1. The fourth-order valence-corrected chi connectivity index (χ4v) is 5.66. The largest absolute Gasteiger partial charge is 0.442 e. The molecule has 3 aliphatic heterocycles. The van der Waals surface area contributed by atoms with Crippen LogP contribution in [0.4, 0.5) is 4.79 Å². The summed E-state index contributed by atoms with van der Waals surface area (Å²) in [6.45, 7) is 9.45. The smallest absolute Gasteiger partial charge is 0.435 e. The van der Waals surface area contributed by atoms with Gasteiger partial charge in [-0.15, -0.1) is 11.3 Å². The van der Waals surface area contributed by atoms with Gasteiger partial charge >= 0.3 is 6.09 Å². The monoisotopic (exact) mass is 441 g/mol. The van der Waals surface area contributed by atoms with Gasteiger partial charge in [-0.2, -0.15) is 9.78 Å². The molecule has 3 aromatic heterocycles. The number of fused-ring (bicyclic) bond motifs is 4. The van der Waals surface area contributed by atoms with Crippen LogP contribution in [0, 0.1) is 12.8 Å². The molecule has 0 saturated carbocycles. The van der Waals surface area contributed by atoms with E-state index in [1.54, 1.807) is 6.20 Å². The lowest BCUT2D eigenvalue weighted by Gasteiger charge is -2.44. The average molecular weight is 442 g/mol. The van der Waals surface area contributed by atoms with Crippen LogP contribution < -0.4 is 5.56 Å². The number of aryl methyl sites for hydroxylation is 1. The molecule has 1 atom stereocenters. The second-order valence-corrected chi connectivity index (χ2v) is 10.6. The van der Waals surface area contributed by atoms with Crippen LogP contribution in [0.1, 0.15) is 57.6 Å². The molecule has 1 N–H and O–H groups in total. The predicted molar refractivity (Wildman–Crippen MR) is 119 cm³/mol. The van der Waals surface area contributed by atoms with Gasteiger partial charge < -0.3 is 9.72 Å². The Morgan fingerprint density at radius 1 is 1.29 bits per heavy atom. The third-order valence-corrected chi connectivity index (χ3v) is 7.26. The summed E-state index contributed by atoms with van der Waals surface area (Å²) in [5, 5.41) is 4.32. The molecule has 0 radical (unpaired) electrons. The highest BCUT2D eigenvalue weighted by atomic mass is 32.1. The highest BCUT2D eigenvalue weighted by Gasteiger charge is 2.36. The summed E-state index contributed by atoms with van der Waals surface area (Å²) in [4.78, 5) is 36.4. The van der Waals surface area contributed by atoms with Crippen LogP contribution >= 0.6 is 11.3 Å². The maximum Gasteiger partial charge on any atom is 0.435 e. The fourth-order valence-electron chi connectivity index (χ4n) is 4.60. The Morgan fingerprint density at radius 3 is 2.68 bits per heavy atom. The molecule has 3 fully saturated rings. The number of aromatic nitrogens is 4. The standard InChI is InChI=1S/C22H27N5O3S/c1-12-14(11-27(25-12)21(29)30-22(2,3)4)17-10-15-18(31-17)20(28)24-19(23-15)16-9-13-5-7-26(16)8-6-13/h10-11,13,16H,5-9H2,1-4H3,(H,23,24,28)/t16-/m0/s1. The number of H-pyrrole nitrogens is 1. The Labute approximate surface area is 184 Å². The third-order valence-electron chi connectivity index (χ3n) is 6.11. The zero-order chi connectivity index (χ0) is 21.9. The van der Waals surface area contributed by atoms with E-state index in [1.165, 1.54) is 28.9 Å². The lowest BCUT2D eigenvalue weighted by atomic mass is 9.83. The van der Waals surface area contributed by atoms with Crippen molar-refractivity contribution >= 4 is 27.6 Å². The molecular formula is C22H27N5O3S. The van der Waals surface area contributed by atoms with E-state index in [0.717, 1.165) is 41.7 Å². The molecule has 0 aliphatic carbocycles. The van der Waals surface area contributed by atoms with Crippen LogP contribution in [0.25, 0.3) is 20.7 Å². The SMILES string of the molecule is Cc1nn(C(=O)OC(C)(C)C)cc1-c1cc2nc([C@@H]3CC4CCN3CC4)[nH]c(=O)c2s1. The molecule has 0 spiro atoms. The van der Waals surface area contributed by atoms with Crippen molar-refractivity contribution in [3.8, 4) is 10.4 Å². The van der Waals surface area contributed by atoms with Crippen molar-refractivity contribution in [1.29, 1.82) is 0 Å². The zero-order valence-corrected chi connectivity index (χ0v) is 19.1. The van der Waals surface area contributed by atoms with E-state index in [-0.39, 0.29) is 11.6 Å². The first kappa shape index (κ1) is 20.4. The van der Waals surface area contributed by atoms with Crippen molar-refractivity contribution in [2.24, 2.45) is 5.92 Å². The quantitative estimate of drug-likeness (QED) is 0.644. The number of hydrogen-bond acceptors (Lipinski definition) is 7. The van der Waals surface area contributed by atoms with Gasteiger partial charge in [0.1, 0.15) is 16.1 Å². The van der Waals surface area contributed by atoms with Gasteiger partial charge in [-0.3, -0.25) is 9.69 Å². The number of carbonyl (C=O) groups excluding carboxylic acids is 1. The molecule has 6 rings (SSSR count). The van der Waals surface area contributed by atoms with Gasteiger partial charge in [0.2, 0.25) is 0 Å². The lowest BCUT2D eigenvalue weighted by molar-refractivity contribution is 0.0445. The van der Waals surface area contributed by atoms with Crippen molar-refractivity contribution in [2.75, 3.05) is 13.1 Å². The molecular weight excluding hydrogens is 414 g/mol. The number of piperidine rings is 3. The average Bonchev–Trinajstić information content (AvgIpc) is 3.31. The molecule has 3 saturated heterocycles. The van der Waals surface area contributed by atoms with Gasteiger partial charge in [-0.1, -0.05) is 0 Å². The van der Waals surface area contributed by atoms with Gasteiger partial charge in [0.25, 0.3) is 5.56 Å². The molecule has 6 heterocycles. The van der Waals surface area contributed by atoms with E-state index in [1.807, 2.05) is 33.8 Å². The highest BCUT2D eigenvalue weighted by Crippen LogP contribution is 2.40. The van der Waals surface area contributed by atoms with Crippen molar-refractivity contribution in [1.82, 2.24) is 24.6 Å². The van der Waals surface area contributed by atoms with Crippen LogP contribution in [0.3, 0.4) is 0 Å². The van der Waals surface area contributed by atoms with Crippen LogP contribution in [0.2, 0.25) is 0 Å². The van der Waals surface area contributed by atoms with Crippen molar-refractivity contribution in [2.45, 2.75) is 58.6 Å². The van der Waals surface area contributed by atoms with E-state index < -0.39 is 11.7 Å². The number of carbonyl (C=O) groups is 1. The number of thiophene rings is 1. The summed E-state index contributed by atoms with van der Waals surface area (Å²) < 4.78 is 7.22. The summed E-state index contributed by atoms with van der Waals surface area (Å²) in [5.74, 6) is 1.50. The maximum absolute atomic E-state index is 12.8. The van der Waals surface area contributed by atoms with Crippen molar-refractivity contribution in [3.63, 3.8) is 0 Å².